The van der Waals surface area contributed by atoms with E-state index < -0.39 is 5.82 Å². The smallest absolute Gasteiger partial charge is 0.282 e. The van der Waals surface area contributed by atoms with Crippen LogP contribution in [0, 0.1) is 22.6 Å². The van der Waals surface area contributed by atoms with E-state index >= 15 is 0 Å². The Morgan fingerprint density at radius 1 is 1.16 bits per heavy atom. The zero-order valence-corrected chi connectivity index (χ0v) is 26.7. The molecule has 0 unspecified atom stereocenters. The molecule has 4 fully saturated rings. The first-order chi connectivity index (χ1) is 20.9. The zero-order chi connectivity index (χ0) is 31.3. The Bertz CT molecular complexity index is 1390. The predicted molar refractivity (Wildman–Crippen MR) is 165 cm³/mol. The zero-order valence-electron chi connectivity index (χ0n) is 26.7. The maximum Gasteiger partial charge on any atom is 0.282 e. The summed E-state index contributed by atoms with van der Waals surface area (Å²) in [5, 5.41) is 11.5. The minimum absolute atomic E-state index is 0.0229. The van der Waals surface area contributed by atoms with Crippen LogP contribution >= 0.6 is 0 Å². The van der Waals surface area contributed by atoms with E-state index in [0.29, 0.717) is 11.7 Å². The third kappa shape index (κ3) is 5.99. The number of anilines is 1. The maximum atomic E-state index is 14.2. The van der Waals surface area contributed by atoms with Crippen LogP contribution in [0.1, 0.15) is 83.0 Å². The van der Waals surface area contributed by atoms with E-state index in [9.17, 15) is 14.0 Å². The number of hydrogen-bond acceptors (Lipinski definition) is 8. The fourth-order valence-electron chi connectivity index (χ4n) is 7.73. The molecular formula is C33H46FN7O3. The SMILES string of the molecule is CC(C)N(C)C(=O)c1cc(F)ccc1Oc1nncnc1N1CC2(CCN(C[C@H]3CC[C@]4(CC3)CC(C)(C)C(=O)N4)CC2)C1. The van der Waals surface area contributed by atoms with Crippen molar-refractivity contribution in [3.05, 3.63) is 35.9 Å². The van der Waals surface area contributed by atoms with E-state index in [1.165, 1.54) is 37.4 Å². The Balaban J connectivity index is 1.03. The molecule has 1 N–H and O–H groups in total. The van der Waals surface area contributed by atoms with Gasteiger partial charge in [-0.3, -0.25) is 9.59 Å². The lowest BCUT2D eigenvalue weighted by atomic mass is 9.70. The topological polar surface area (TPSA) is 104 Å². The molecule has 2 amide bonds. The number of aromatic nitrogens is 3. The van der Waals surface area contributed by atoms with Crippen LogP contribution in [0.15, 0.2) is 24.5 Å². The van der Waals surface area contributed by atoms with Gasteiger partial charge in [0.1, 0.15) is 17.9 Å². The summed E-state index contributed by atoms with van der Waals surface area (Å²) in [4.78, 5) is 36.3. The van der Waals surface area contributed by atoms with Crippen molar-refractivity contribution >= 4 is 17.6 Å². The Labute approximate surface area is 259 Å². The number of likely N-dealkylation sites (tertiary alicyclic amines) is 1. The van der Waals surface area contributed by atoms with Crippen LogP contribution < -0.4 is 15.0 Å². The number of nitrogens with zero attached hydrogens (tertiary/aromatic N) is 6. The molecule has 1 aliphatic carbocycles. The Morgan fingerprint density at radius 3 is 2.50 bits per heavy atom. The van der Waals surface area contributed by atoms with Gasteiger partial charge in [0.25, 0.3) is 11.8 Å². The van der Waals surface area contributed by atoms with E-state index in [1.54, 1.807) is 11.9 Å². The van der Waals surface area contributed by atoms with Crippen LogP contribution in [0.2, 0.25) is 0 Å². The lowest BCUT2D eigenvalue weighted by molar-refractivity contribution is -0.126. The molecule has 6 rings (SSSR count). The van der Waals surface area contributed by atoms with Gasteiger partial charge in [0.15, 0.2) is 5.82 Å². The lowest BCUT2D eigenvalue weighted by Crippen LogP contribution is -2.61. The summed E-state index contributed by atoms with van der Waals surface area (Å²) in [7, 11) is 1.68. The van der Waals surface area contributed by atoms with Gasteiger partial charge in [0.05, 0.1) is 5.56 Å². The summed E-state index contributed by atoms with van der Waals surface area (Å²) in [5.41, 5.74) is 0.156. The number of piperidine rings is 1. The Hall–Kier alpha value is -3.34. The molecule has 11 heteroatoms. The van der Waals surface area contributed by atoms with Gasteiger partial charge < -0.3 is 24.8 Å². The fraction of sp³-hybridized carbons (Fsp3) is 0.667. The van der Waals surface area contributed by atoms with E-state index in [4.69, 9.17) is 4.74 Å². The van der Waals surface area contributed by atoms with Crippen molar-refractivity contribution in [3.8, 4) is 11.6 Å². The summed E-state index contributed by atoms with van der Waals surface area (Å²) in [6.45, 7) is 13.0. The van der Waals surface area contributed by atoms with Crippen LogP contribution in [0.4, 0.5) is 10.2 Å². The maximum absolute atomic E-state index is 14.2. The number of nitrogens with one attached hydrogen (secondary N) is 1. The van der Waals surface area contributed by atoms with Crippen molar-refractivity contribution in [1.82, 2.24) is 30.3 Å². The predicted octanol–water partition coefficient (Wildman–Crippen LogP) is 4.66. The summed E-state index contributed by atoms with van der Waals surface area (Å²) in [6.07, 6.45) is 9.20. The van der Waals surface area contributed by atoms with Crippen molar-refractivity contribution < 1.29 is 18.7 Å². The first-order valence-electron chi connectivity index (χ1n) is 16.1. The highest BCUT2D eigenvalue weighted by Crippen LogP contribution is 2.47. The van der Waals surface area contributed by atoms with Crippen molar-refractivity contribution in [1.29, 1.82) is 0 Å². The average Bonchev–Trinajstić information content (AvgIpc) is 3.20. The summed E-state index contributed by atoms with van der Waals surface area (Å²) < 4.78 is 20.3. The number of amides is 2. The van der Waals surface area contributed by atoms with Crippen LogP contribution in [0.5, 0.6) is 11.6 Å². The number of carbonyl (C=O) groups excluding carboxylic acids is 2. The van der Waals surface area contributed by atoms with Gasteiger partial charge in [-0.2, -0.15) is 0 Å². The van der Waals surface area contributed by atoms with Crippen LogP contribution in [-0.2, 0) is 4.79 Å². The number of rotatable bonds is 7. The molecule has 0 atom stereocenters. The average molecular weight is 608 g/mol. The van der Waals surface area contributed by atoms with Crippen molar-refractivity contribution in [2.75, 3.05) is 44.7 Å². The normalized spacial score (nSPS) is 26.1. The first-order valence-corrected chi connectivity index (χ1v) is 16.1. The fourth-order valence-corrected chi connectivity index (χ4v) is 7.73. The minimum atomic E-state index is -0.509. The summed E-state index contributed by atoms with van der Waals surface area (Å²) >= 11 is 0. The van der Waals surface area contributed by atoms with Crippen LogP contribution in [0.3, 0.4) is 0 Å². The van der Waals surface area contributed by atoms with Gasteiger partial charge in [0, 0.05) is 49.1 Å². The quantitative estimate of drug-likeness (QED) is 0.485. The molecule has 1 aromatic heterocycles. The first kappa shape index (κ1) is 30.7. The van der Waals surface area contributed by atoms with Gasteiger partial charge in [-0.05, 0) is 96.0 Å². The molecule has 4 aliphatic rings. The van der Waals surface area contributed by atoms with Crippen LogP contribution in [0.25, 0.3) is 0 Å². The number of ether oxygens (including phenoxy) is 1. The highest BCUT2D eigenvalue weighted by atomic mass is 19.1. The van der Waals surface area contributed by atoms with Crippen molar-refractivity contribution in [2.24, 2.45) is 16.7 Å². The van der Waals surface area contributed by atoms with E-state index in [2.05, 4.69) is 44.1 Å². The molecule has 2 spiro atoms. The molecule has 1 aromatic carbocycles. The lowest BCUT2D eigenvalue weighted by Gasteiger charge is -2.54. The number of halogens is 1. The highest BCUT2D eigenvalue weighted by molar-refractivity contribution is 5.97. The molecule has 1 saturated carbocycles. The van der Waals surface area contributed by atoms with Gasteiger partial charge >= 0.3 is 0 Å². The summed E-state index contributed by atoms with van der Waals surface area (Å²) in [6, 6.07) is 3.87. The van der Waals surface area contributed by atoms with Crippen molar-refractivity contribution in [2.45, 2.75) is 84.2 Å². The molecule has 3 saturated heterocycles. The molecule has 0 bridgehead atoms. The minimum Gasteiger partial charge on any atom is -0.434 e. The second-order valence-electron chi connectivity index (χ2n) is 14.7. The molecule has 10 nitrogen and oxygen atoms in total. The van der Waals surface area contributed by atoms with Gasteiger partial charge in [-0.15, -0.1) is 10.2 Å². The molecule has 238 valence electrons. The number of benzene rings is 1. The third-order valence-corrected chi connectivity index (χ3v) is 10.7. The van der Waals surface area contributed by atoms with E-state index in [0.717, 1.165) is 64.8 Å². The van der Waals surface area contributed by atoms with Crippen LogP contribution in [-0.4, -0.2) is 88.1 Å². The second kappa shape index (κ2) is 11.5. The monoisotopic (exact) mass is 607 g/mol. The molecule has 0 radical (unpaired) electrons. The van der Waals surface area contributed by atoms with Gasteiger partial charge in [0.2, 0.25) is 5.91 Å². The molecule has 44 heavy (non-hydrogen) atoms. The highest BCUT2D eigenvalue weighted by Gasteiger charge is 2.50. The van der Waals surface area contributed by atoms with Gasteiger partial charge in [-0.1, -0.05) is 13.8 Å². The Morgan fingerprint density at radius 2 is 1.86 bits per heavy atom. The molecule has 3 aliphatic heterocycles. The molecule has 4 heterocycles. The molecule has 2 aromatic rings. The number of hydrogen-bond donors (Lipinski definition) is 1. The largest absolute Gasteiger partial charge is 0.434 e. The van der Waals surface area contributed by atoms with Crippen molar-refractivity contribution in [3.63, 3.8) is 0 Å². The number of carbonyl (C=O) groups is 2. The third-order valence-electron chi connectivity index (χ3n) is 10.7. The Kier molecular flexibility index (Phi) is 8.05. The van der Waals surface area contributed by atoms with E-state index in [-0.39, 0.29) is 51.4 Å². The molecular weight excluding hydrogens is 561 g/mol. The van der Waals surface area contributed by atoms with Gasteiger partial charge in [-0.25, -0.2) is 9.37 Å². The summed E-state index contributed by atoms with van der Waals surface area (Å²) in [5.74, 6) is 1.10. The van der Waals surface area contributed by atoms with E-state index in [1.807, 2.05) is 13.8 Å². The second-order valence-corrected chi connectivity index (χ2v) is 14.7. The standard InChI is InChI=1S/C33H46FN7O3/c1-22(2)39(5)29(42)25-16-24(34)6-7-26(25)44-28-27(35-21-36-38-28)41-19-32(20-41)12-14-40(15-13-32)17-23-8-10-33(11-9-23)18-31(3,4)30(43)37-33/h6-7,16,21-23H,8-15,17-20H2,1-5H3,(H,37,43)/t23-,33-.